The highest BCUT2D eigenvalue weighted by molar-refractivity contribution is 5.92. The molecule has 0 spiro atoms. The van der Waals surface area contributed by atoms with E-state index in [1.807, 2.05) is 31.3 Å². The van der Waals surface area contributed by atoms with E-state index in [1.165, 1.54) is 6.08 Å². The lowest BCUT2D eigenvalue weighted by atomic mass is 10.2. The number of benzene rings is 1. The van der Waals surface area contributed by atoms with Crippen LogP contribution < -0.4 is 10.6 Å². The maximum Gasteiger partial charge on any atom is 0.320 e. The van der Waals surface area contributed by atoms with Crippen molar-refractivity contribution >= 4 is 34.7 Å². The van der Waals surface area contributed by atoms with Gasteiger partial charge < -0.3 is 14.8 Å². The summed E-state index contributed by atoms with van der Waals surface area (Å²) in [6, 6.07) is 17.0. The van der Waals surface area contributed by atoms with Gasteiger partial charge in [-0.25, -0.2) is 9.78 Å². The molecule has 4 aromatic rings. The van der Waals surface area contributed by atoms with Crippen molar-refractivity contribution in [1.82, 2.24) is 24.8 Å². The van der Waals surface area contributed by atoms with Gasteiger partial charge >= 0.3 is 6.03 Å². The average Bonchev–Trinajstić information content (AvgIpc) is 3.18. The summed E-state index contributed by atoms with van der Waals surface area (Å²) in [5.41, 5.74) is 3.91. The summed E-state index contributed by atoms with van der Waals surface area (Å²) in [6.45, 7) is 0.896. The van der Waals surface area contributed by atoms with Crippen LogP contribution in [0.2, 0.25) is 0 Å². The number of aryl methyl sites for hydroxylation is 1. The number of hydrogen-bond donors (Lipinski definition) is 2. The molecule has 172 valence electrons. The van der Waals surface area contributed by atoms with E-state index in [-0.39, 0.29) is 11.9 Å². The van der Waals surface area contributed by atoms with Crippen molar-refractivity contribution in [1.29, 1.82) is 0 Å². The molecular formula is C26H26N6O2. The van der Waals surface area contributed by atoms with Crippen molar-refractivity contribution < 1.29 is 9.59 Å². The number of carbonyl (C=O) groups excluding carboxylic acids is 2. The number of nitrogens with one attached hydrogen (secondary N) is 2. The molecule has 0 saturated heterocycles. The first-order chi connectivity index (χ1) is 16.5. The molecule has 0 fully saturated rings. The van der Waals surface area contributed by atoms with E-state index in [4.69, 9.17) is 0 Å². The molecule has 0 bridgehead atoms. The van der Waals surface area contributed by atoms with Crippen molar-refractivity contribution in [2.45, 2.75) is 13.1 Å². The first-order valence-corrected chi connectivity index (χ1v) is 10.9. The number of fused-ring (bicyclic) bond motifs is 1. The molecule has 4 rings (SSSR count). The summed E-state index contributed by atoms with van der Waals surface area (Å²) in [5, 5.41) is 6.61. The molecule has 1 aromatic carbocycles. The molecule has 2 N–H and O–H groups in total. The molecule has 8 nitrogen and oxygen atoms in total. The van der Waals surface area contributed by atoms with Crippen LogP contribution in [-0.2, 0) is 24.9 Å². The van der Waals surface area contributed by atoms with Crippen LogP contribution in [0.1, 0.15) is 16.8 Å². The highest BCUT2D eigenvalue weighted by Crippen LogP contribution is 2.19. The Hall–Kier alpha value is -4.46. The van der Waals surface area contributed by atoms with Crippen LogP contribution in [0, 0.1) is 0 Å². The zero-order valence-corrected chi connectivity index (χ0v) is 19.1. The van der Waals surface area contributed by atoms with E-state index >= 15 is 0 Å². The van der Waals surface area contributed by atoms with Crippen LogP contribution in [0.3, 0.4) is 0 Å². The molecule has 0 radical (unpaired) electrons. The second kappa shape index (κ2) is 10.4. The number of likely N-dealkylation sites (N-methyl/N-ethyl adjacent to an activating group) is 1. The Kier molecular flexibility index (Phi) is 6.98. The van der Waals surface area contributed by atoms with Crippen LogP contribution in [0.25, 0.3) is 17.0 Å². The Labute approximate surface area is 197 Å². The number of urea groups is 1. The molecule has 0 atom stereocenters. The van der Waals surface area contributed by atoms with Gasteiger partial charge in [0.05, 0.1) is 6.54 Å². The first kappa shape index (κ1) is 22.7. The summed E-state index contributed by atoms with van der Waals surface area (Å²) >= 11 is 0. The maximum absolute atomic E-state index is 12.6. The highest BCUT2D eigenvalue weighted by atomic mass is 16.2. The van der Waals surface area contributed by atoms with E-state index in [0.29, 0.717) is 18.9 Å². The number of nitrogens with zero attached hydrogens (tertiary/aromatic N) is 4. The Balaban J connectivity index is 1.29. The number of hydrogen-bond acceptors (Lipinski definition) is 4. The van der Waals surface area contributed by atoms with Gasteiger partial charge in [-0.15, -0.1) is 0 Å². The van der Waals surface area contributed by atoms with Gasteiger partial charge in [-0.05, 0) is 59.0 Å². The van der Waals surface area contributed by atoms with Gasteiger partial charge in [-0.1, -0.05) is 18.2 Å². The Bertz CT molecular complexity index is 1310. The molecule has 0 unspecified atom stereocenters. The van der Waals surface area contributed by atoms with E-state index in [2.05, 4.69) is 43.4 Å². The maximum atomic E-state index is 12.6. The fraction of sp³-hybridized carbons (Fsp3) is 0.154. The fourth-order valence-corrected chi connectivity index (χ4v) is 3.53. The van der Waals surface area contributed by atoms with Crippen LogP contribution in [0.4, 0.5) is 10.6 Å². The zero-order chi connectivity index (χ0) is 23.9. The normalized spacial score (nSPS) is 11.0. The van der Waals surface area contributed by atoms with E-state index in [0.717, 1.165) is 27.7 Å². The number of anilines is 1. The number of rotatable bonds is 7. The Morgan fingerprint density at radius 3 is 2.62 bits per heavy atom. The van der Waals surface area contributed by atoms with Gasteiger partial charge in [0.15, 0.2) is 0 Å². The van der Waals surface area contributed by atoms with Crippen molar-refractivity contribution in [3.8, 4) is 0 Å². The quantitative estimate of drug-likeness (QED) is 0.414. The van der Waals surface area contributed by atoms with E-state index < -0.39 is 0 Å². The summed E-state index contributed by atoms with van der Waals surface area (Å²) in [6.07, 6.45) is 8.19. The minimum atomic E-state index is -0.349. The van der Waals surface area contributed by atoms with Crippen LogP contribution in [0.5, 0.6) is 0 Å². The number of para-hydroxylation sites is 1. The van der Waals surface area contributed by atoms with E-state index in [9.17, 15) is 9.59 Å². The van der Waals surface area contributed by atoms with Crippen molar-refractivity contribution in [3.05, 3.63) is 96.1 Å². The second-order valence-electron chi connectivity index (χ2n) is 7.92. The summed E-state index contributed by atoms with van der Waals surface area (Å²) in [7, 11) is 3.78. The van der Waals surface area contributed by atoms with Gasteiger partial charge in [0.25, 0.3) is 0 Å². The minimum Gasteiger partial charge on any atom is -0.346 e. The summed E-state index contributed by atoms with van der Waals surface area (Å²) in [4.78, 5) is 34.5. The lowest BCUT2D eigenvalue weighted by Crippen LogP contribution is -2.28. The standard InChI is InChI=1S/C26H26N6O2/c1-31(18-22-15-21-5-3-4-6-23(21)32(22)2)25(33)10-8-19-7-9-24(28-16-19)30-26(34)29-17-20-11-13-27-14-12-20/h3-16H,17-18H2,1-2H3,(H2,28,29,30,34)/b10-8+. The molecule has 0 aliphatic carbocycles. The summed E-state index contributed by atoms with van der Waals surface area (Å²) < 4.78 is 2.10. The molecular weight excluding hydrogens is 428 g/mol. The molecule has 3 heterocycles. The van der Waals surface area contributed by atoms with Gasteiger partial charge in [-0.3, -0.25) is 15.1 Å². The molecule has 0 aliphatic rings. The largest absolute Gasteiger partial charge is 0.346 e. The van der Waals surface area contributed by atoms with Gasteiger partial charge in [0, 0.05) is 56.5 Å². The van der Waals surface area contributed by atoms with Crippen LogP contribution >= 0.6 is 0 Å². The fourth-order valence-electron chi connectivity index (χ4n) is 3.53. The molecule has 3 amide bonds. The first-order valence-electron chi connectivity index (χ1n) is 10.9. The van der Waals surface area contributed by atoms with Crippen molar-refractivity contribution in [3.63, 3.8) is 0 Å². The van der Waals surface area contributed by atoms with Gasteiger partial charge in [-0.2, -0.15) is 0 Å². The smallest absolute Gasteiger partial charge is 0.320 e. The number of pyridine rings is 2. The lowest BCUT2D eigenvalue weighted by molar-refractivity contribution is -0.125. The van der Waals surface area contributed by atoms with E-state index in [1.54, 1.807) is 48.7 Å². The molecule has 8 heteroatoms. The zero-order valence-electron chi connectivity index (χ0n) is 19.1. The Morgan fingerprint density at radius 1 is 1.09 bits per heavy atom. The molecule has 34 heavy (non-hydrogen) atoms. The predicted octanol–water partition coefficient (Wildman–Crippen LogP) is 3.96. The monoisotopic (exact) mass is 454 g/mol. The number of carbonyl (C=O) groups is 2. The topological polar surface area (TPSA) is 92.2 Å². The van der Waals surface area contributed by atoms with Crippen LogP contribution in [-0.4, -0.2) is 38.4 Å². The predicted molar refractivity (Wildman–Crippen MR) is 133 cm³/mol. The average molecular weight is 455 g/mol. The van der Waals surface area contributed by atoms with Gasteiger partial charge in [0.2, 0.25) is 5.91 Å². The second-order valence-corrected chi connectivity index (χ2v) is 7.92. The third-order valence-electron chi connectivity index (χ3n) is 5.48. The van der Waals surface area contributed by atoms with Gasteiger partial charge in [0.1, 0.15) is 5.82 Å². The lowest BCUT2D eigenvalue weighted by Gasteiger charge is -2.15. The molecule has 0 aliphatic heterocycles. The van der Waals surface area contributed by atoms with Crippen LogP contribution in [0.15, 0.2) is 79.3 Å². The van der Waals surface area contributed by atoms with Crippen molar-refractivity contribution in [2.24, 2.45) is 7.05 Å². The highest BCUT2D eigenvalue weighted by Gasteiger charge is 2.11. The minimum absolute atomic E-state index is 0.108. The number of amides is 3. The van der Waals surface area contributed by atoms with Crippen molar-refractivity contribution in [2.75, 3.05) is 12.4 Å². The Morgan fingerprint density at radius 2 is 1.88 bits per heavy atom. The number of aromatic nitrogens is 3. The summed E-state index contributed by atoms with van der Waals surface area (Å²) in [5.74, 6) is 0.312. The molecule has 3 aromatic heterocycles. The third-order valence-corrected chi connectivity index (χ3v) is 5.48. The third kappa shape index (κ3) is 5.66. The SMILES string of the molecule is CN(Cc1cc2ccccc2n1C)C(=O)/C=C/c1ccc(NC(=O)NCc2ccncc2)nc1. The molecule has 0 saturated carbocycles.